The zero-order chi connectivity index (χ0) is 14.9. The lowest BCUT2D eigenvalue weighted by Crippen LogP contribution is -2.33. The van der Waals surface area contributed by atoms with Gasteiger partial charge in [-0.15, -0.1) is 11.3 Å². The van der Waals surface area contributed by atoms with E-state index in [0.29, 0.717) is 11.5 Å². The molecule has 0 amide bonds. The van der Waals surface area contributed by atoms with Crippen LogP contribution in [0.15, 0.2) is 24.5 Å². The predicted octanol–water partition coefficient (Wildman–Crippen LogP) is 4.22. The molecule has 21 heavy (non-hydrogen) atoms. The molecular formula is C17H23N3S. The molecule has 0 fully saturated rings. The number of pyridine rings is 1. The zero-order valence-electron chi connectivity index (χ0n) is 13.0. The largest absolute Gasteiger partial charge is 0.309 e. The van der Waals surface area contributed by atoms with E-state index in [9.17, 15) is 0 Å². The summed E-state index contributed by atoms with van der Waals surface area (Å²) in [6.07, 6.45) is 7.12. The lowest BCUT2D eigenvalue weighted by atomic mass is 9.76. The molecule has 0 bridgehead atoms. The molecule has 4 heteroatoms. The molecule has 112 valence electrons. The van der Waals surface area contributed by atoms with Crippen molar-refractivity contribution in [2.45, 2.75) is 46.1 Å². The maximum absolute atomic E-state index is 4.93. The van der Waals surface area contributed by atoms with Crippen LogP contribution in [0.3, 0.4) is 0 Å². The smallest absolute Gasteiger partial charge is 0.124 e. The fourth-order valence-corrected chi connectivity index (χ4v) is 4.20. The Morgan fingerprint density at radius 3 is 2.81 bits per heavy atom. The molecule has 2 aromatic heterocycles. The first-order chi connectivity index (χ1) is 10.1. The van der Waals surface area contributed by atoms with Crippen molar-refractivity contribution in [2.24, 2.45) is 5.41 Å². The average molecular weight is 301 g/mol. The number of aromatic nitrogens is 2. The predicted molar refractivity (Wildman–Crippen MR) is 88.5 cm³/mol. The Morgan fingerprint density at radius 2 is 2.10 bits per heavy atom. The molecule has 0 aliphatic heterocycles. The van der Waals surface area contributed by atoms with Crippen LogP contribution in [0.1, 0.15) is 50.2 Å². The van der Waals surface area contributed by atoms with Crippen LogP contribution in [0.4, 0.5) is 0 Å². The Kier molecular flexibility index (Phi) is 4.09. The van der Waals surface area contributed by atoms with E-state index in [-0.39, 0.29) is 0 Å². The van der Waals surface area contributed by atoms with Gasteiger partial charge >= 0.3 is 0 Å². The molecule has 3 nitrogen and oxygen atoms in total. The molecule has 1 N–H and O–H groups in total. The molecule has 2 heterocycles. The van der Waals surface area contributed by atoms with Crippen molar-refractivity contribution in [3.8, 4) is 10.6 Å². The lowest BCUT2D eigenvalue weighted by Gasteiger charge is -2.34. The van der Waals surface area contributed by atoms with Crippen LogP contribution in [0.2, 0.25) is 0 Å². The highest BCUT2D eigenvalue weighted by Gasteiger charge is 2.34. The Morgan fingerprint density at radius 1 is 1.33 bits per heavy atom. The van der Waals surface area contributed by atoms with E-state index in [1.807, 2.05) is 35.9 Å². The number of nitrogens with one attached hydrogen (secondary N) is 1. The van der Waals surface area contributed by atoms with Gasteiger partial charge in [0.25, 0.3) is 0 Å². The fraction of sp³-hybridized carbons (Fsp3) is 0.529. The highest BCUT2D eigenvalue weighted by atomic mass is 32.1. The maximum atomic E-state index is 4.93. The summed E-state index contributed by atoms with van der Waals surface area (Å²) >= 11 is 1.85. The highest BCUT2D eigenvalue weighted by molar-refractivity contribution is 7.15. The van der Waals surface area contributed by atoms with Crippen molar-refractivity contribution in [1.29, 1.82) is 0 Å². The maximum Gasteiger partial charge on any atom is 0.124 e. The third-order valence-electron chi connectivity index (χ3n) is 4.01. The van der Waals surface area contributed by atoms with Gasteiger partial charge in [-0.1, -0.05) is 20.8 Å². The summed E-state index contributed by atoms with van der Waals surface area (Å²) in [7, 11) is 0. The van der Waals surface area contributed by atoms with Gasteiger partial charge in [0.15, 0.2) is 0 Å². The molecule has 1 aliphatic carbocycles. The van der Waals surface area contributed by atoms with Crippen LogP contribution in [0, 0.1) is 5.41 Å². The van der Waals surface area contributed by atoms with Gasteiger partial charge in [0.05, 0.1) is 5.69 Å². The van der Waals surface area contributed by atoms with E-state index in [0.717, 1.165) is 18.0 Å². The normalized spacial score (nSPS) is 20.2. The average Bonchev–Trinajstić information content (AvgIpc) is 2.88. The third kappa shape index (κ3) is 3.16. The molecule has 0 aromatic carbocycles. The molecule has 1 aliphatic rings. The second kappa shape index (κ2) is 5.85. The Bertz CT molecular complexity index is 604. The zero-order valence-corrected chi connectivity index (χ0v) is 13.8. The summed E-state index contributed by atoms with van der Waals surface area (Å²) in [5, 5.41) is 4.83. The van der Waals surface area contributed by atoms with Crippen LogP contribution in [-0.4, -0.2) is 16.5 Å². The molecule has 0 spiro atoms. The van der Waals surface area contributed by atoms with Gasteiger partial charge in [-0.3, -0.25) is 4.98 Å². The lowest BCUT2D eigenvalue weighted by molar-refractivity contribution is 0.258. The van der Waals surface area contributed by atoms with Crippen molar-refractivity contribution in [2.75, 3.05) is 6.54 Å². The monoisotopic (exact) mass is 301 g/mol. The molecular weight excluding hydrogens is 278 g/mol. The van der Waals surface area contributed by atoms with Gasteiger partial charge in [0, 0.05) is 28.9 Å². The summed E-state index contributed by atoms with van der Waals surface area (Å²) < 4.78 is 0. The van der Waals surface area contributed by atoms with E-state index < -0.39 is 0 Å². The Hall–Kier alpha value is -1.26. The van der Waals surface area contributed by atoms with E-state index >= 15 is 0 Å². The van der Waals surface area contributed by atoms with Crippen LogP contribution in [-0.2, 0) is 6.42 Å². The molecule has 0 saturated carbocycles. The second-order valence-corrected chi connectivity index (χ2v) is 7.65. The van der Waals surface area contributed by atoms with Gasteiger partial charge in [-0.25, -0.2) is 4.98 Å². The van der Waals surface area contributed by atoms with Crippen molar-refractivity contribution >= 4 is 11.3 Å². The Labute approximate surface area is 130 Å². The fourth-order valence-electron chi connectivity index (χ4n) is 3.03. The highest BCUT2D eigenvalue weighted by Crippen LogP contribution is 2.44. The van der Waals surface area contributed by atoms with Crippen molar-refractivity contribution in [3.05, 3.63) is 35.1 Å². The minimum atomic E-state index is 0.321. The summed E-state index contributed by atoms with van der Waals surface area (Å²) in [6.45, 7) is 7.99. The summed E-state index contributed by atoms with van der Waals surface area (Å²) in [5.74, 6) is 0. The molecule has 0 saturated heterocycles. The van der Waals surface area contributed by atoms with Crippen molar-refractivity contribution < 1.29 is 0 Å². The van der Waals surface area contributed by atoms with Crippen molar-refractivity contribution in [1.82, 2.24) is 15.3 Å². The first-order valence-electron chi connectivity index (χ1n) is 7.72. The number of hydrogen-bond acceptors (Lipinski definition) is 4. The SMILES string of the molecule is CCCNC1CC(C)(C)Cc2nc(-c3ccncc3)sc21. The number of rotatable bonds is 4. The molecule has 0 radical (unpaired) electrons. The van der Waals surface area contributed by atoms with Gasteiger partial charge in [0.2, 0.25) is 0 Å². The summed E-state index contributed by atoms with van der Waals surface area (Å²) in [6, 6.07) is 4.55. The number of nitrogens with zero attached hydrogens (tertiary/aromatic N) is 2. The number of hydrogen-bond donors (Lipinski definition) is 1. The minimum Gasteiger partial charge on any atom is -0.309 e. The first-order valence-corrected chi connectivity index (χ1v) is 8.54. The number of fused-ring (bicyclic) bond motifs is 1. The van der Waals surface area contributed by atoms with Crippen LogP contribution < -0.4 is 5.32 Å². The quantitative estimate of drug-likeness (QED) is 0.919. The topological polar surface area (TPSA) is 37.8 Å². The van der Waals surface area contributed by atoms with Gasteiger partial charge in [-0.05, 0) is 43.4 Å². The van der Waals surface area contributed by atoms with Crippen LogP contribution >= 0.6 is 11.3 Å². The van der Waals surface area contributed by atoms with Gasteiger partial charge < -0.3 is 5.32 Å². The third-order valence-corrected chi connectivity index (χ3v) is 5.28. The molecule has 1 atom stereocenters. The van der Waals surface area contributed by atoms with E-state index in [1.54, 1.807) is 0 Å². The first kappa shape index (κ1) is 14.7. The van der Waals surface area contributed by atoms with E-state index in [4.69, 9.17) is 4.98 Å². The van der Waals surface area contributed by atoms with Crippen LogP contribution in [0.25, 0.3) is 10.6 Å². The summed E-state index contributed by atoms with van der Waals surface area (Å²) in [4.78, 5) is 10.5. The van der Waals surface area contributed by atoms with E-state index in [2.05, 4.69) is 31.1 Å². The Balaban J connectivity index is 1.95. The number of thiazole rings is 1. The molecule has 3 rings (SSSR count). The van der Waals surface area contributed by atoms with Gasteiger partial charge in [-0.2, -0.15) is 0 Å². The molecule has 2 aromatic rings. The van der Waals surface area contributed by atoms with Crippen molar-refractivity contribution in [3.63, 3.8) is 0 Å². The summed E-state index contributed by atoms with van der Waals surface area (Å²) in [5.41, 5.74) is 2.79. The van der Waals surface area contributed by atoms with Crippen LogP contribution in [0.5, 0.6) is 0 Å². The minimum absolute atomic E-state index is 0.321. The second-order valence-electron chi connectivity index (χ2n) is 6.62. The standard InChI is InChI=1S/C17H23N3S/c1-4-7-19-13-10-17(2,3)11-14-15(13)21-16(20-14)12-5-8-18-9-6-12/h5-6,8-9,13,19H,4,7,10-11H2,1-3H3. The van der Waals surface area contributed by atoms with Gasteiger partial charge in [0.1, 0.15) is 5.01 Å². The molecule has 1 unspecified atom stereocenters. The van der Waals surface area contributed by atoms with E-state index in [1.165, 1.54) is 29.0 Å².